The van der Waals surface area contributed by atoms with E-state index in [1.807, 2.05) is 49.4 Å². The number of aryl methyl sites for hydroxylation is 1. The highest BCUT2D eigenvalue weighted by Gasteiger charge is 2.24. The molecule has 2 aromatic carbocycles. The van der Waals surface area contributed by atoms with Crippen molar-refractivity contribution in [1.29, 1.82) is 0 Å². The zero-order chi connectivity index (χ0) is 17.9. The molecule has 0 saturated heterocycles. The maximum atomic E-state index is 12.5. The summed E-state index contributed by atoms with van der Waals surface area (Å²) >= 11 is 0. The van der Waals surface area contributed by atoms with E-state index in [2.05, 4.69) is 15.4 Å². The number of benzene rings is 2. The molecule has 6 heteroatoms. The normalized spacial score (nSPS) is 13.2. The van der Waals surface area contributed by atoms with Crippen LogP contribution in [0.15, 0.2) is 61.2 Å². The van der Waals surface area contributed by atoms with E-state index in [4.69, 9.17) is 0 Å². The van der Waals surface area contributed by atoms with Crippen LogP contribution in [0.4, 0.5) is 0 Å². The Kier molecular flexibility index (Phi) is 4.63. The fraction of sp³-hybridized carbons (Fsp3) is 0.211. The van der Waals surface area contributed by atoms with E-state index in [1.54, 1.807) is 24.0 Å². The maximum absolute atomic E-state index is 12.5. The number of amides is 1. The first kappa shape index (κ1) is 16.9. The molecule has 1 heterocycles. The van der Waals surface area contributed by atoms with Crippen molar-refractivity contribution >= 4 is 5.91 Å². The van der Waals surface area contributed by atoms with Gasteiger partial charge in [-0.3, -0.25) is 4.79 Å². The molecule has 3 aromatic rings. The number of aromatic nitrogens is 3. The van der Waals surface area contributed by atoms with E-state index >= 15 is 0 Å². The molecule has 3 rings (SSSR count). The molecule has 0 bridgehead atoms. The Morgan fingerprint density at radius 3 is 2.64 bits per heavy atom. The molecule has 1 unspecified atom stereocenters. The third kappa shape index (κ3) is 3.75. The van der Waals surface area contributed by atoms with Crippen LogP contribution in [0, 0.1) is 6.92 Å². The maximum Gasteiger partial charge on any atom is 0.251 e. The van der Waals surface area contributed by atoms with Crippen molar-refractivity contribution in [3.63, 3.8) is 0 Å². The average Bonchev–Trinajstić information content (AvgIpc) is 3.15. The molecule has 1 aromatic heterocycles. The molecule has 0 aliphatic carbocycles. The summed E-state index contributed by atoms with van der Waals surface area (Å²) < 4.78 is 1.63. The average molecular weight is 336 g/mol. The minimum atomic E-state index is -1.13. The molecule has 0 aliphatic rings. The highest BCUT2D eigenvalue weighted by molar-refractivity contribution is 5.95. The molecular weight excluding hydrogens is 316 g/mol. The van der Waals surface area contributed by atoms with E-state index in [0.717, 1.165) is 16.8 Å². The van der Waals surface area contributed by atoms with E-state index in [-0.39, 0.29) is 12.5 Å². The standard InChI is InChI=1S/C19H20N4O2/c1-14-10-16(23-13-20-12-22-23)8-9-17(14)18(24)21-11-19(2,25)15-6-4-3-5-7-15/h3-10,12-13,25H,11H2,1-2H3,(H,21,24). The van der Waals surface area contributed by atoms with Gasteiger partial charge in [-0.15, -0.1) is 0 Å². The summed E-state index contributed by atoms with van der Waals surface area (Å²) in [7, 11) is 0. The zero-order valence-electron chi connectivity index (χ0n) is 14.2. The summed E-state index contributed by atoms with van der Waals surface area (Å²) in [5.41, 5.74) is 1.85. The lowest BCUT2D eigenvalue weighted by atomic mass is 9.96. The smallest absolute Gasteiger partial charge is 0.251 e. The van der Waals surface area contributed by atoms with Crippen molar-refractivity contribution in [2.45, 2.75) is 19.4 Å². The van der Waals surface area contributed by atoms with Crippen LogP contribution < -0.4 is 5.32 Å². The predicted octanol–water partition coefficient (Wildman–Crippen LogP) is 2.21. The lowest BCUT2D eigenvalue weighted by molar-refractivity contribution is 0.0526. The minimum Gasteiger partial charge on any atom is -0.384 e. The predicted molar refractivity (Wildman–Crippen MR) is 94.4 cm³/mol. The Bertz CT molecular complexity index is 858. The van der Waals surface area contributed by atoms with Gasteiger partial charge in [0.2, 0.25) is 0 Å². The van der Waals surface area contributed by atoms with Crippen LogP contribution >= 0.6 is 0 Å². The number of hydrogen-bond acceptors (Lipinski definition) is 4. The van der Waals surface area contributed by atoms with Crippen LogP contribution in [0.25, 0.3) is 5.69 Å². The summed E-state index contributed by atoms with van der Waals surface area (Å²) in [5, 5.41) is 17.5. The van der Waals surface area contributed by atoms with Crippen molar-refractivity contribution in [1.82, 2.24) is 20.1 Å². The monoisotopic (exact) mass is 336 g/mol. The number of hydrogen-bond donors (Lipinski definition) is 2. The first-order chi connectivity index (χ1) is 12.0. The zero-order valence-corrected chi connectivity index (χ0v) is 14.2. The van der Waals surface area contributed by atoms with Gasteiger partial charge in [-0.2, -0.15) is 5.10 Å². The number of nitrogens with zero attached hydrogens (tertiary/aromatic N) is 3. The number of carbonyl (C=O) groups excluding carboxylic acids is 1. The third-order valence-corrected chi connectivity index (χ3v) is 4.13. The Morgan fingerprint density at radius 2 is 2.00 bits per heavy atom. The molecule has 128 valence electrons. The molecule has 2 N–H and O–H groups in total. The summed E-state index contributed by atoms with van der Waals surface area (Å²) in [6, 6.07) is 14.7. The second-order valence-corrected chi connectivity index (χ2v) is 6.16. The Balaban J connectivity index is 1.71. The molecule has 0 saturated carbocycles. The highest BCUT2D eigenvalue weighted by Crippen LogP contribution is 2.20. The molecule has 1 atom stereocenters. The highest BCUT2D eigenvalue weighted by atomic mass is 16.3. The Hall–Kier alpha value is -2.99. The van der Waals surface area contributed by atoms with Gasteiger partial charge in [-0.25, -0.2) is 9.67 Å². The Labute approximate surface area is 146 Å². The minimum absolute atomic E-state index is 0.125. The number of aliphatic hydroxyl groups is 1. The van der Waals surface area contributed by atoms with Crippen LogP contribution in [0.3, 0.4) is 0 Å². The number of nitrogens with one attached hydrogen (secondary N) is 1. The van der Waals surface area contributed by atoms with Gasteiger partial charge in [-0.05, 0) is 43.2 Å². The fourth-order valence-electron chi connectivity index (χ4n) is 2.63. The second kappa shape index (κ2) is 6.86. The summed E-state index contributed by atoms with van der Waals surface area (Å²) in [5.74, 6) is -0.223. The molecule has 0 spiro atoms. The van der Waals surface area contributed by atoms with Gasteiger partial charge in [0.25, 0.3) is 5.91 Å². The summed E-state index contributed by atoms with van der Waals surface area (Å²) in [4.78, 5) is 16.4. The van der Waals surface area contributed by atoms with Crippen LogP contribution in [-0.2, 0) is 5.60 Å². The second-order valence-electron chi connectivity index (χ2n) is 6.16. The van der Waals surface area contributed by atoms with Gasteiger partial charge >= 0.3 is 0 Å². The van der Waals surface area contributed by atoms with Crippen molar-refractivity contribution < 1.29 is 9.90 Å². The van der Waals surface area contributed by atoms with Crippen LogP contribution in [0.1, 0.15) is 28.4 Å². The number of rotatable bonds is 5. The van der Waals surface area contributed by atoms with Crippen molar-refractivity contribution in [3.05, 3.63) is 77.9 Å². The molecule has 6 nitrogen and oxygen atoms in total. The van der Waals surface area contributed by atoms with Gasteiger partial charge in [0.15, 0.2) is 0 Å². The van der Waals surface area contributed by atoms with Gasteiger partial charge in [0.05, 0.1) is 12.2 Å². The third-order valence-electron chi connectivity index (χ3n) is 4.13. The molecular formula is C19H20N4O2. The fourth-order valence-corrected chi connectivity index (χ4v) is 2.63. The van der Waals surface area contributed by atoms with Crippen molar-refractivity contribution in [2.24, 2.45) is 0 Å². The molecule has 0 fully saturated rings. The van der Waals surface area contributed by atoms with E-state index < -0.39 is 5.60 Å². The molecule has 1 amide bonds. The Morgan fingerprint density at radius 1 is 1.24 bits per heavy atom. The van der Waals surface area contributed by atoms with Crippen LogP contribution in [0.2, 0.25) is 0 Å². The van der Waals surface area contributed by atoms with Gasteiger partial charge in [0, 0.05) is 5.56 Å². The van der Waals surface area contributed by atoms with E-state index in [9.17, 15) is 9.90 Å². The van der Waals surface area contributed by atoms with Crippen molar-refractivity contribution in [3.8, 4) is 5.69 Å². The largest absolute Gasteiger partial charge is 0.384 e. The quantitative estimate of drug-likeness (QED) is 0.749. The SMILES string of the molecule is Cc1cc(-n2cncn2)ccc1C(=O)NCC(C)(O)c1ccccc1. The first-order valence-electron chi connectivity index (χ1n) is 7.99. The summed E-state index contributed by atoms with van der Waals surface area (Å²) in [6.45, 7) is 3.67. The van der Waals surface area contributed by atoms with E-state index in [1.165, 1.54) is 6.33 Å². The van der Waals surface area contributed by atoms with Crippen molar-refractivity contribution in [2.75, 3.05) is 6.54 Å². The van der Waals surface area contributed by atoms with Crippen LogP contribution in [-0.4, -0.2) is 32.3 Å². The number of carbonyl (C=O) groups is 1. The van der Waals surface area contributed by atoms with Crippen LogP contribution in [0.5, 0.6) is 0 Å². The van der Waals surface area contributed by atoms with E-state index in [0.29, 0.717) is 5.56 Å². The topological polar surface area (TPSA) is 80.0 Å². The lowest BCUT2D eigenvalue weighted by Gasteiger charge is -2.24. The first-order valence-corrected chi connectivity index (χ1v) is 7.99. The van der Waals surface area contributed by atoms with Gasteiger partial charge in [0.1, 0.15) is 18.3 Å². The van der Waals surface area contributed by atoms with Gasteiger partial charge < -0.3 is 10.4 Å². The van der Waals surface area contributed by atoms with Gasteiger partial charge in [-0.1, -0.05) is 30.3 Å². The molecule has 25 heavy (non-hydrogen) atoms. The summed E-state index contributed by atoms with van der Waals surface area (Å²) in [6.07, 6.45) is 3.06. The molecule has 0 radical (unpaired) electrons. The lowest BCUT2D eigenvalue weighted by Crippen LogP contribution is -2.38. The molecule has 0 aliphatic heterocycles.